The van der Waals surface area contributed by atoms with Crippen LogP contribution in [-0.4, -0.2) is 28.7 Å². The van der Waals surface area contributed by atoms with E-state index in [0.717, 1.165) is 4.90 Å². The number of carbonyl (C=O) groups excluding carboxylic acids is 3. The minimum absolute atomic E-state index is 0.151. The van der Waals surface area contributed by atoms with Crippen LogP contribution >= 0.6 is 0 Å². The zero-order valence-corrected chi connectivity index (χ0v) is 15.4. The number of rotatable bonds is 2. The van der Waals surface area contributed by atoms with Gasteiger partial charge in [0, 0.05) is 17.7 Å². The highest BCUT2D eigenvalue weighted by atomic mass is 16.6. The van der Waals surface area contributed by atoms with Crippen LogP contribution in [0.3, 0.4) is 0 Å². The number of quaternary nitrogens is 1. The summed E-state index contributed by atoms with van der Waals surface area (Å²) in [4.78, 5) is 51.3. The van der Waals surface area contributed by atoms with Gasteiger partial charge in [0.1, 0.15) is 11.8 Å². The first-order chi connectivity index (χ1) is 13.9. The number of hydrogen-bond acceptors (Lipinski definition) is 5. The monoisotopic (exact) mass is 393 g/mol. The number of hydrogen-bond donors (Lipinski definition) is 2. The van der Waals surface area contributed by atoms with Crippen molar-refractivity contribution >= 4 is 34.8 Å². The zero-order chi connectivity index (χ0) is 20.5. The Morgan fingerprint density at radius 2 is 1.86 bits per heavy atom. The fourth-order valence-corrected chi connectivity index (χ4v) is 5.10. The van der Waals surface area contributed by atoms with Crippen LogP contribution in [0.25, 0.3) is 0 Å². The van der Waals surface area contributed by atoms with Gasteiger partial charge in [0.05, 0.1) is 22.3 Å². The summed E-state index contributed by atoms with van der Waals surface area (Å²) < 4.78 is 0. The Bertz CT molecular complexity index is 1120. The first-order valence-corrected chi connectivity index (χ1v) is 9.25. The van der Waals surface area contributed by atoms with Crippen molar-refractivity contribution < 1.29 is 24.6 Å². The summed E-state index contributed by atoms with van der Waals surface area (Å²) >= 11 is 0. The quantitative estimate of drug-likeness (QED) is 0.437. The summed E-state index contributed by atoms with van der Waals surface area (Å²) in [6.07, 6.45) is 0. The Balaban J connectivity index is 1.64. The lowest BCUT2D eigenvalue weighted by atomic mass is 9.76. The second-order valence-corrected chi connectivity index (χ2v) is 7.69. The number of amides is 3. The number of benzene rings is 2. The lowest BCUT2D eigenvalue weighted by molar-refractivity contribution is -0.730. The van der Waals surface area contributed by atoms with Gasteiger partial charge in [0.15, 0.2) is 0 Å². The molecule has 0 radical (unpaired) electrons. The maximum Gasteiger partial charge on any atom is 0.291 e. The van der Waals surface area contributed by atoms with Crippen LogP contribution in [-0.2, 0) is 19.9 Å². The van der Waals surface area contributed by atoms with Crippen molar-refractivity contribution in [2.75, 3.05) is 10.2 Å². The maximum atomic E-state index is 13.5. The van der Waals surface area contributed by atoms with Crippen molar-refractivity contribution in [1.82, 2.24) is 0 Å². The Morgan fingerprint density at radius 3 is 2.62 bits per heavy atom. The minimum Gasteiger partial charge on any atom is -0.326 e. The average Bonchev–Trinajstić information content (AvgIpc) is 3.26. The van der Waals surface area contributed by atoms with Gasteiger partial charge in [0.25, 0.3) is 11.6 Å². The summed E-state index contributed by atoms with van der Waals surface area (Å²) in [5.41, 5.74) is 0.0428. The molecule has 3 N–H and O–H groups in total. The summed E-state index contributed by atoms with van der Waals surface area (Å²) in [5.74, 6) is -2.84. The van der Waals surface area contributed by atoms with E-state index in [1.165, 1.54) is 24.3 Å². The van der Waals surface area contributed by atoms with E-state index in [9.17, 15) is 24.5 Å². The molecule has 3 aliphatic heterocycles. The molecular formula is C20H17N4O5+. The van der Waals surface area contributed by atoms with Crippen LogP contribution in [0, 0.1) is 22.0 Å². The molecule has 2 aromatic carbocycles. The molecule has 0 saturated carbocycles. The van der Waals surface area contributed by atoms with E-state index >= 15 is 0 Å². The van der Waals surface area contributed by atoms with Crippen molar-refractivity contribution in [3.63, 3.8) is 0 Å². The normalized spacial score (nSPS) is 29.9. The summed E-state index contributed by atoms with van der Waals surface area (Å²) in [6.45, 7) is 1.82. The van der Waals surface area contributed by atoms with Gasteiger partial charge >= 0.3 is 0 Å². The van der Waals surface area contributed by atoms with Gasteiger partial charge in [-0.2, -0.15) is 0 Å². The molecule has 5 rings (SSSR count). The molecule has 0 aliphatic carbocycles. The number of non-ortho nitro benzene ring substituents is 1. The molecule has 1 spiro atoms. The third-order valence-electron chi connectivity index (χ3n) is 6.23. The molecule has 3 heterocycles. The van der Waals surface area contributed by atoms with Crippen molar-refractivity contribution in [2.24, 2.45) is 11.8 Å². The zero-order valence-electron chi connectivity index (χ0n) is 15.4. The Hall–Kier alpha value is -3.59. The van der Waals surface area contributed by atoms with Crippen LogP contribution in [0.15, 0.2) is 48.5 Å². The maximum absolute atomic E-state index is 13.5. The van der Waals surface area contributed by atoms with Crippen LogP contribution < -0.4 is 15.5 Å². The lowest BCUT2D eigenvalue weighted by Gasteiger charge is -2.25. The van der Waals surface area contributed by atoms with Crippen LogP contribution in [0.2, 0.25) is 0 Å². The summed E-state index contributed by atoms with van der Waals surface area (Å²) in [5, 5.41) is 15.8. The fraction of sp³-hybridized carbons (Fsp3) is 0.250. The molecule has 2 saturated heterocycles. The van der Waals surface area contributed by atoms with Crippen molar-refractivity contribution in [1.29, 1.82) is 0 Å². The molecule has 9 heteroatoms. The molecule has 0 aromatic heterocycles. The van der Waals surface area contributed by atoms with Gasteiger partial charge in [-0.05, 0) is 19.1 Å². The summed E-state index contributed by atoms with van der Waals surface area (Å²) in [7, 11) is 0. The third-order valence-corrected chi connectivity index (χ3v) is 6.23. The van der Waals surface area contributed by atoms with Crippen molar-refractivity contribution in [3.05, 3.63) is 64.2 Å². The third kappa shape index (κ3) is 2.10. The van der Waals surface area contributed by atoms with Crippen LogP contribution in [0.5, 0.6) is 0 Å². The number of anilines is 2. The highest BCUT2D eigenvalue weighted by Crippen LogP contribution is 2.49. The molecule has 0 bridgehead atoms. The summed E-state index contributed by atoms with van der Waals surface area (Å²) in [6, 6.07) is 12.3. The Labute approximate surface area is 164 Å². The van der Waals surface area contributed by atoms with Gasteiger partial charge < -0.3 is 10.6 Å². The number of nitro groups is 1. The van der Waals surface area contributed by atoms with E-state index in [4.69, 9.17) is 0 Å². The molecule has 2 fully saturated rings. The van der Waals surface area contributed by atoms with E-state index in [1.54, 1.807) is 24.3 Å². The molecule has 2 aromatic rings. The number of fused-ring (bicyclic) bond motifs is 4. The second-order valence-electron chi connectivity index (χ2n) is 7.69. The first kappa shape index (κ1) is 17.5. The van der Waals surface area contributed by atoms with Crippen LogP contribution in [0.1, 0.15) is 12.5 Å². The van der Waals surface area contributed by atoms with Gasteiger partial charge in [-0.3, -0.25) is 24.5 Å². The number of imide groups is 1. The largest absolute Gasteiger partial charge is 0.326 e. The minimum atomic E-state index is -1.22. The molecule has 9 nitrogen and oxygen atoms in total. The highest BCUT2D eigenvalue weighted by molar-refractivity contribution is 6.25. The Kier molecular flexibility index (Phi) is 3.45. The smallest absolute Gasteiger partial charge is 0.291 e. The van der Waals surface area contributed by atoms with Gasteiger partial charge in [-0.25, -0.2) is 4.90 Å². The van der Waals surface area contributed by atoms with Crippen LogP contribution in [0.4, 0.5) is 17.1 Å². The van der Waals surface area contributed by atoms with E-state index in [0.29, 0.717) is 11.3 Å². The second kappa shape index (κ2) is 5.71. The van der Waals surface area contributed by atoms with Crippen molar-refractivity contribution in [3.8, 4) is 0 Å². The fourth-order valence-electron chi connectivity index (χ4n) is 5.10. The lowest BCUT2D eigenvalue weighted by Crippen LogP contribution is -2.98. The molecule has 4 atom stereocenters. The van der Waals surface area contributed by atoms with E-state index < -0.39 is 34.1 Å². The predicted molar refractivity (Wildman–Crippen MR) is 101 cm³/mol. The Morgan fingerprint density at radius 1 is 1.10 bits per heavy atom. The van der Waals surface area contributed by atoms with Crippen molar-refractivity contribution in [2.45, 2.75) is 18.5 Å². The standard InChI is InChI=1S/C20H16N4O5/c1-10-15-16(20(22-10)13-7-2-3-8-14(13)21-19(20)27)18(26)23(17(15)25)11-5-4-6-12(9-11)24(28)29/h2-10,15-16,22H,1H3,(H,21,27)/p+1/t10-,15-,16-,20-/m0/s1. The first-order valence-electron chi connectivity index (χ1n) is 9.25. The van der Waals surface area contributed by atoms with Gasteiger partial charge in [-0.1, -0.05) is 24.3 Å². The number of carbonyl (C=O) groups is 3. The SMILES string of the molecule is C[C@@H]1[NH2+][C@]2(C(=O)Nc3ccccc32)[C@@H]2C(=O)N(c3cccc([N+](=O)[O-])c3)C(=O)[C@@H]12. The van der Waals surface area contributed by atoms with E-state index in [2.05, 4.69) is 5.32 Å². The predicted octanol–water partition coefficient (Wildman–Crippen LogP) is 0.513. The molecule has 3 aliphatic rings. The van der Waals surface area contributed by atoms with Gasteiger partial charge in [-0.15, -0.1) is 0 Å². The molecule has 29 heavy (non-hydrogen) atoms. The molecule has 0 unspecified atom stereocenters. The average molecular weight is 393 g/mol. The number of nitrogens with zero attached hydrogens (tertiary/aromatic N) is 2. The molecule has 3 amide bonds. The molecule has 146 valence electrons. The number of para-hydroxylation sites is 1. The van der Waals surface area contributed by atoms with E-state index in [1.807, 2.05) is 12.2 Å². The number of nitro benzene ring substituents is 1. The topological polar surface area (TPSA) is 126 Å². The van der Waals surface area contributed by atoms with E-state index in [-0.39, 0.29) is 23.3 Å². The number of nitrogens with two attached hydrogens (primary N) is 1. The molecular weight excluding hydrogens is 376 g/mol. The highest BCUT2D eigenvalue weighted by Gasteiger charge is 2.73. The number of nitrogens with one attached hydrogen (secondary N) is 1. The van der Waals surface area contributed by atoms with Gasteiger partial charge in [0.2, 0.25) is 17.4 Å².